The molecule has 0 bridgehead atoms. The van der Waals surface area contributed by atoms with Gasteiger partial charge in [0.05, 0.1) is 0 Å². The first-order chi connectivity index (χ1) is 13.1. The van der Waals surface area contributed by atoms with Gasteiger partial charge in [0.15, 0.2) is 0 Å². The molecule has 5 nitrogen and oxygen atoms in total. The molecule has 0 aromatic heterocycles. The van der Waals surface area contributed by atoms with Gasteiger partial charge < -0.3 is 19.9 Å². The molecule has 2 aromatic carbocycles. The van der Waals surface area contributed by atoms with E-state index in [9.17, 15) is 4.79 Å². The van der Waals surface area contributed by atoms with Crippen molar-refractivity contribution >= 4 is 6.03 Å². The van der Waals surface area contributed by atoms with Gasteiger partial charge in [0.2, 0.25) is 0 Å². The van der Waals surface area contributed by atoms with Crippen molar-refractivity contribution in [3.63, 3.8) is 0 Å². The van der Waals surface area contributed by atoms with Crippen LogP contribution in [0.2, 0.25) is 0 Å². The maximum absolute atomic E-state index is 12.4. The van der Waals surface area contributed by atoms with Gasteiger partial charge in [0, 0.05) is 39.0 Å². The van der Waals surface area contributed by atoms with E-state index in [1.165, 1.54) is 5.56 Å². The fourth-order valence-electron chi connectivity index (χ4n) is 3.29. The minimum Gasteiger partial charge on any atom is -0.490 e. The Hall–Kier alpha value is -2.53. The first-order valence-electron chi connectivity index (χ1n) is 9.57. The number of carbonyl (C=O) groups excluding carboxylic acids is 1. The summed E-state index contributed by atoms with van der Waals surface area (Å²) >= 11 is 0. The monoisotopic (exact) mass is 367 g/mol. The van der Waals surface area contributed by atoms with Gasteiger partial charge in [-0.3, -0.25) is 0 Å². The number of benzene rings is 2. The Morgan fingerprint density at radius 1 is 1.04 bits per heavy atom. The minimum atomic E-state index is 0.00512. The molecule has 144 valence electrons. The zero-order valence-electron chi connectivity index (χ0n) is 16.2. The Morgan fingerprint density at radius 2 is 1.67 bits per heavy atom. The molecule has 1 saturated heterocycles. The Balaban J connectivity index is 1.40. The van der Waals surface area contributed by atoms with Crippen LogP contribution in [0.15, 0.2) is 54.6 Å². The van der Waals surface area contributed by atoms with Crippen molar-refractivity contribution in [2.24, 2.45) is 0 Å². The first kappa shape index (κ1) is 19.2. The standard InChI is InChI=1S/C22H29N3O2/c1-24(2)17-19-10-8-18(9-11-19)16-23-22(26)25-14-12-21(13-15-25)27-20-6-4-3-5-7-20/h3-11,21H,12-17H2,1-2H3,(H,23,26). The average Bonchev–Trinajstić information content (AvgIpc) is 2.68. The second-order valence-corrected chi connectivity index (χ2v) is 7.33. The summed E-state index contributed by atoms with van der Waals surface area (Å²) in [5.74, 6) is 0.901. The van der Waals surface area contributed by atoms with Crippen LogP contribution in [0.25, 0.3) is 0 Å². The normalized spacial score (nSPS) is 15.0. The number of para-hydroxylation sites is 1. The van der Waals surface area contributed by atoms with Gasteiger partial charge in [0.1, 0.15) is 11.9 Å². The second-order valence-electron chi connectivity index (χ2n) is 7.33. The van der Waals surface area contributed by atoms with Gasteiger partial charge in [-0.25, -0.2) is 4.79 Å². The zero-order chi connectivity index (χ0) is 19.1. The summed E-state index contributed by atoms with van der Waals surface area (Å²) in [4.78, 5) is 16.4. The highest BCUT2D eigenvalue weighted by atomic mass is 16.5. The molecule has 1 aliphatic rings. The van der Waals surface area contributed by atoms with Gasteiger partial charge in [-0.1, -0.05) is 42.5 Å². The third-order valence-electron chi connectivity index (χ3n) is 4.74. The van der Waals surface area contributed by atoms with E-state index in [1.54, 1.807) is 0 Å². The molecule has 1 heterocycles. The second kappa shape index (κ2) is 9.42. The molecule has 1 fully saturated rings. The number of ether oxygens (including phenoxy) is 1. The number of amides is 2. The van der Waals surface area contributed by atoms with Crippen molar-refractivity contribution in [2.45, 2.75) is 32.0 Å². The Morgan fingerprint density at radius 3 is 2.30 bits per heavy atom. The molecule has 0 atom stereocenters. The van der Waals surface area contributed by atoms with Gasteiger partial charge in [0.25, 0.3) is 0 Å². The van der Waals surface area contributed by atoms with Crippen LogP contribution in [0.5, 0.6) is 5.75 Å². The lowest BCUT2D eigenvalue weighted by molar-refractivity contribution is 0.111. The van der Waals surface area contributed by atoms with Gasteiger partial charge in [-0.2, -0.15) is 0 Å². The van der Waals surface area contributed by atoms with Gasteiger partial charge in [-0.15, -0.1) is 0 Å². The number of hydrogen-bond donors (Lipinski definition) is 1. The summed E-state index contributed by atoms with van der Waals surface area (Å²) in [6.45, 7) is 2.93. The lowest BCUT2D eigenvalue weighted by Gasteiger charge is -2.32. The quantitative estimate of drug-likeness (QED) is 0.850. The molecule has 0 saturated carbocycles. The molecule has 2 amide bonds. The molecule has 0 unspecified atom stereocenters. The number of nitrogens with zero attached hydrogens (tertiary/aromatic N) is 2. The number of rotatable bonds is 6. The summed E-state index contributed by atoms with van der Waals surface area (Å²) in [7, 11) is 4.12. The number of urea groups is 1. The summed E-state index contributed by atoms with van der Waals surface area (Å²) in [6.07, 6.45) is 1.91. The van der Waals surface area contributed by atoms with E-state index in [0.29, 0.717) is 6.54 Å². The first-order valence-corrected chi connectivity index (χ1v) is 9.57. The molecule has 0 spiro atoms. The summed E-state index contributed by atoms with van der Waals surface area (Å²) in [6, 6.07) is 18.3. The van der Waals surface area contributed by atoms with Gasteiger partial charge >= 0.3 is 6.03 Å². The smallest absolute Gasteiger partial charge is 0.317 e. The number of carbonyl (C=O) groups is 1. The summed E-state index contributed by atoms with van der Waals surface area (Å²) < 4.78 is 5.99. The third kappa shape index (κ3) is 6.00. The molecule has 2 aromatic rings. The van der Waals surface area contributed by atoms with E-state index >= 15 is 0 Å². The van der Waals surface area contributed by atoms with E-state index in [0.717, 1.165) is 43.8 Å². The topological polar surface area (TPSA) is 44.8 Å². The summed E-state index contributed by atoms with van der Waals surface area (Å²) in [5, 5.41) is 3.03. The highest BCUT2D eigenvalue weighted by molar-refractivity contribution is 5.74. The van der Waals surface area contributed by atoms with Crippen LogP contribution in [0.4, 0.5) is 4.79 Å². The molecule has 0 aliphatic carbocycles. The number of hydrogen-bond acceptors (Lipinski definition) is 3. The summed E-state index contributed by atoms with van der Waals surface area (Å²) in [5.41, 5.74) is 2.39. The van der Waals surface area contributed by atoms with Crippen LogP contribution >= 0.6 is 0 Å². The van der Waals surface area contributed by atoms with E-state index in [2.05, 4.69) is 48.6 Å². The molecule has 5 heteroatoms. The SMILES string of the molecule is CN(C)Cc1ccc(CNC(=O)N2CCC(Oc3ccccc3)CC2)cc1. The Bertz CT molecular complexity index is 708. The van der Waals surface area contributed by atoms with Crippen LogP contribution in [-0.2, 0) is 13.1 Å². The molecular weight excluding hydrogens is 338 g/mol. The zero-order valence-corrected chi connectivity index (χ0v) is 16.2. The van der Waals surface area contributed by atoms with Crippen LogP contribution in [0.1, 0.15) is 24.0 Å². The van der Waals surface area contributed by atoms with E-state index < -0.39 is 0 Å². The van der Waals surface area contributed by atoms with Crippen molar-refractivity contribution < 1.29 is 9.53 Å². The third-order valence-corrected chi connectivity index (χ3v) is 4.74. The lowest BCUT2D eigenvalue weighted by Crippen LogP contribution is -2.46. The Labute approximate surface area is 161 Å². The fraction of sp³-hybridized carbons (Fsp3) is 0.409. The molecule has 0 radical (unpaired) electrons. The molecule has 1 aliphatic heterocycles. The van der Waals surface area contributed by atoms with Crippen LogP contribution in [0.3, 0.4) is 0 Å². The van der Waals surface area contributed by atoms with Crippen molar-refractivity contribution in [2.75, 3.05) is 27.2 Å². The molecule has 1 N–H and O–H groups in total. The van der Waals surface area contributed by atoms with Crippen LogP contribution in [-0.4, -0.2) is 49.1 Å². The highest BCUT2D eigenvalue weighted by Crippen LogP contribution is 2.18. The maximum atomic E-state index is 12.4. The van der Waals surface area contributed by atoms with Crippen LogP contribution < -0.4 is 10.1 Å². The maximum Gasteiger partial charge on any atom is 0.317 e. The Kier molecular flexibility index (Phi) is 6.71. The number of likely N-dealkylation sites (tertiary alicyclic amines) is 1. The highest BCUT2D eigenvalue weighted by Gasteiger charge is 2.23. The van der Waals surface area contributed by atoms with E-state index in [4.69, 9.17) is 4.74 Å². The fourth-order valence-corrected chi connectivity index (χ4v) is 3.29. The van der Waals surface area contributed by atoms with Crippen molar-refractivity contribution in [1.29, 1.82) is 0 Å². The van der Waals surface area contributed by atoms with E-state index in [-0.39, 0.29) is 12.1 Å². The van der Waals surface area contributed by atoms with Crippen LogP contribution in [0, 0.1) is 0 Å². The number of nitrogens with one attached hydrogen (secondary N) is 1. The van der Waals surface area contributed by atoms with Crippen molar-refractivity contribution in [3.8, 4) is 5.75 Å². The lowest BCUT2D eigenvalue weighted by atomic mass is 10.1. The number of piperidine rings is 1. The largest absolute Gasteiger partial charge is 0.490 e. The van der Waals surface area contributed by atoms with Crippen molar-refractivity contribution in [3.05, 3.63) is 65.7 Å². The predicted molar refractivity (Wildman–Crippen MR) is 108 cm³/mol. The van der Waals surface area contributed by atoms with Gasteiger partial charge in [-0.05, 0) is 37.4 Å². The predicted octanol–water partition coefficient (Wildman–Crippen LogP) is 3.50. The molecular formula is C22H29N3O2. The van der Waals surface area contributed by atoms with Crippen molar-refractivity contribution in [1.82, 2.24) is 15.1 Å². The molecule has 27 heavy (non-hydrogen) atoms. The molecule has 3 rings (SSSR count). The average molecular weight is 367 g/mol. The minimum absolute atomic E-state index is 0.00512. The van der Waals surface area contributed by atoms with E-state index in [1.807, 2.05) is 35.2 Å².